The minimum Gasteiger partial charge on any atom is -0.381 e. The molecule has 0 spiro atoms. The average Bonchev–Trinajstić information content (AvgIpc) is 3.27. The predicted octanol–water partition coefficient (Wildman–Crippen LogP) is 1.93. The molecule has 2 aliphatic rings. The summed E-state index contributed by atoms with van der Waals surface area (Å²) in [6, 6.07) is 7.76. The van der Waals surface area contributed by atoms with E-state index in [9.17, 15) is 9.59 Å². The van der Waals surface area contributed by atoms with Crippen LogP contribution in [0.15, 0.2) is 30.5 Å². The second-order valence-electron chi connectivity index (χ2n) is 7.11. The highest BCUT2D eigenvalue weighted by Crippen LogP contribution is 2.26. The molecular formula is C20H24N4O3. The van der Waals surface area contributed by atoms with E-state index in [1.165, 1.54) is 6.92 Å². The van der Waals surface area contributed by atoms with Gasteiger partial charge < -0.3 is 19.5 Å². The van der Waals surface area contributed by atoms with Gasteiger partial charge in [-0.3, -0.25) is 9.59 Å². The van der Waals surface area contributed by atoms with Gasteiger partial charge in [-0.05, 0) is 18.6 Å². The van der Waals surface area contributed by atoms with E-state index in [4.69, 9.17) is 4.74 Å². The van der Waals surface area contributed by atoms with Crippen LogP contribution in [0.5, 0.6) is 0 Å². The van der Waals surface area contributed by atoms with Crippen molar-refractivity contribution >= 4 is 17.5 Å². The standard InChI is InChI=1S/C20H24N4O3/c1-14(25)22-17-4-2-3-15(11-17)18-12-21-19-5-7-23(8-9-24(18)19)20(26)16-6-10-27-13-16/h2-4,11-12,16H,5-10,13H2,1H3,(H,22,25)/t16-/m1/s1. The van der Waals surface area contributed by atoms with Crippen molar-refractivity contribution in [1.29, 1.82) is 0 Å². The first kappa shape index (κ1) is 17.7. The van der Waals surface area contributed by atoms with Gasteiger partial charge >= 0.3 is 0 Å². The summed E-state index contributed by atoms with van der Waals surface area (Å²) in [5.74, 6) is 1.11. The van der Waals surface area contributed by atoms with Gasteiger partial charge in [0.15, 0.2) is 0 Å². The zero-order valence-corrected chi connectivity index (χ0v) is 15.5. The van der Waals surface area contributed by atoms with Crippen molar-refractivity contribution in [2.75, 3.05) is 31.6 Å². The fraction of sp³-hybridized carbons (Fsp3) is 0.450. The Balaban J connectivity index is 1.53. The Hall–Kier alpha value is -2.67. The highest BCUT2D eigenvalue weighted by Gasteiger charge is 2.29. The van der Waals surface area contributed by atoms with Gasteiger partial charge in [-0.1, -0.05) is 12.1 Å². The highest BCUT2D eigenvalue weighted by atomic mass is 16.5. The zero-order valence-electron chi connectivity index (χ0n) is 15.5. The van der Waals surface area contributed by atoms with Crippen LogP contribution in [0.1, 0.15) is 19.2 Å². The van der Waals surface area contributed by atoms with E-state index in [0.717, 1.165) is 35.6 Å². The van der Waals surface area contributed by atoms with Crippen molar-refractivity contribution in [3.63, 3.8) is 0 Å². The number of carbonyl (C=O) groups is 2. The number of nitrogens with zero attached hydrogens (tertiary/aromatic N) is 3. The summed E-state index contributed by atoms with van der Waals surface area (Å²) >= 11 is 0. The van der Waals surface area contributed by atoms with Crippen molar-refractivity contribution < 1.29 is 14.3 Å². The molecule has 27 heavy (non-hydrogen) atoms. The van der Waals surface area contributed by atoms with Crippen LogP contribution < -0.4 is 5.32 Å². The van der Waals surface area contributed by atoms with Crippen LogP contribution >= 0.6 is 0 Å². The van der Waals surface area contributed by atoms with Crippen LogP contribution in [-0.2, 0) is 27.3 Å². The van der Waals surface area contributed by atoms with Gasteiger partial charge in [-0.2, -0.15) is 0 Å². The minimum atomic E-state index is -0.0932. The molecule has 0 saturated carbocycles. The van der Waals surface area contributed by atoms with Crippen LogP contribution in [-0.4, -0.2) is 52.6 Å². The van der Waals surface area contributed by atoms with E-state index in [1.54, 1.807) is 0 Å². The summed E-state index contributed by atoms with van der Waals surface area (Å²) in [6.07, 6.45) is 3.44. The molecule has 3 heterocycles. The Bertz CT molecular complexity index is 855. The van der Waals surface area contributed by atoms with Gasteiger partial charge in [0.25, 0.3) is 0 Å². The number of anilines is 1. The predicted molar refractivity (Wildman–Crippen MR) is 101 cm³/mol. The maximum atomic E-state index is 12.7. The van der Waals surface area contributed by atoms with Crippen LogP contribution in [0, 0.1) is 5.92 Å². The van der Waals surface area contributed by atoms with E-state index >= 15 is 0 Å². The first-order valence-corrected chi connectivity index (χ1v) is 9.41. The maximum Gasteiger partial charge on any atom is 0.228 e. The monoisotopic (exact) mass is 368 g/mol. The average molecular weight is 368 g/mol. The zero-order chi connectivity index (χ0) is 18.8. The van der Waals surface area contributed by atoms with Crippen molar-refractivity contribution in [3.05, 3.63) is 36.3 Å². The number of aromatic nitrogens is 2. The quantitative estimate of drug-likeness (QED) is 0.898. The fourth-order valence-corrected chi connectivity index (χ4v) is 3.83. The minimum absolute atomic E-state index is 0.00392. The molecule has 142 valence electrons. The summed E-state index contributed by atoms with van der Waals surface area (Å²) in [5, 5.41) is 2.82. The second-order valence-corrected chi connectivity index (χ2v) is 7.11. The van der Waals surface area contributed by atoms with E-state index < -0.39 is 0 Å². The lowest BCUT2D eigenvalue weighted by Gasteiger charge is -2.23. The SMILES string of the molecule is CC(=O)Nc1cccc(-c2cnc3n2CCN(C(=O)[C@@H]2CCOC2)CC3)c1. The Morgan fingerprint density at radius 1 is 1.26 bits per heavy atom. The molecule has 0 radical (unpaired) electrons. The van der Waals surface area contributed by atoms with E-state index in [0.29, 0.717) is 32.8 Å². The molecule has 0 aliphatic carbocycles. The molecular weight excluding hydrogens is 344 g/mol. The van der Waals surface area contributed by atoms with Gasteiger partial charge in [-0.15, -0.1) is 0 Å². The van der Waals surface area contributed by atoms with Gasteiger partial charge in [0, 0.05) is 50.8 Å². The molecule has 1 N–H and O–H groups in total. The number of carbonyl (C=O) groups excluding carboxylic acids is 2. The van der Waals surface area contributed by atoms with Crippen molar-refractivity contribution in [2.45, 2.75) is 26.3 Å². The number of ether oxygens (including phenoxy) is 1. The van der Waals surface area contributed by atoms with Gasteiger partial charge in [-0.25, -0.2) is 4.98 Å². The molecule has 2 aliphatic heterocycles. The number of amides is 2. The highest BCUT2D eigenvalue weighted by molar-refractivity contribution is 5.89. The number of nitrogens with one attached hydrogen (secondary N) is 1. The number of rotatable bonds is 3. The third-order valence-electron chi connectivity index (χ3n) is 5.21. The van der Waals surface area contributed by atoms with Gasteiger partial charge in [0.2, 0.25) is 11.8 Å². The molecule has 2 amide bonds. The van der Waals surface area contributed by atoms with Crippen LogP contribution in [0.2, 0.25) is 0 Å². The third-order valence-corrected chi connectivity index (χ3v) is 5.21. The van der Waals surface area contributed by atoms with Crippen LogP contribution in [0.25, 0.3) is 11.3 Å². The number of hydrogen-bond donors (Lipinski definition) is 1. The number of hydrogen-bond acceptors (Lipinski definition) is 4. The van der Waals surface area contributed by atoms with Gasteiger partial charge in [0.1, 0.15) is 5.82 Å². The molecule has 7 heteroatoms. The normalized spacial score (nSPS) is 19.4. The topological polar surface area (TPSA) is 76.5 Å². The van der Waals surface area contributed by atoms with E-state index in [1.807, 2.05) is 35.4 Å². The molecule has 1 atom stereocenters. The Morgan fingerprint density at radius 2 is 2.15 bits per heavy atom. The van der Waals surface area contributed by atoms with Crippen LogP contribution in [0.3, 0.4) is 0 Å². The summed E-state index contributed by atoms with van der Waals surface area (Å²) < 4.78 is 7.55. The lowest BCUT2D eigenvalue weighted by Crippen LogP contribution is -2.38. The van der Waals surface area contributed by atoms with E-state index in [-0.39, 0.29) is 17.7 Å². The number of fused-ring (bicyclic) bond motifs is 1. The smallest absolute Gasteiger partial charge is 0.228 e. The molecule has 1 saturated heterocycles. The molecule has 1 fully saturated rings. The molecule has 1 aromatic carbocycles. The number of imidazole rings is 1. The van der Waals surface area contributed by atoms with E-state index in [2.05, 4.69) is 14.9 Å². The lowest BCUT2D eigenvalue weighted by atomic mass is 10.1. The largest absolute Gasteiger partial charge is 0.381 e. The van der Waals surface area contributed by atoms with Crippen molar-refractivity contribution in [3.8, 4) is 11.3 Å². The molecule has 1 aromatic heterocycles. The summed E-state index contributed by atoms with van der Waals surface area (Å²) in [7, 11) is 0. The molecule has 2 aromatic rings. The van der Waals surface area contributed by atoms with Crippen LogP contribution in [0.4, 0.5) is 5.69 Å². The van der Waals surface area contributed by atoms with Crippen molar-refractivity contribution in [2.24, 2.45) is 5.92 Å². The Kier molecular flexibility index (Phi) is 4.94. The Morgan fingerprint density at radius 3 is 2.93 bits per heavy atom. The maximum absolute atomic E-state index is 12.7. The molecule has 0 unspecified atom stereocenters. The number of benzene rings is 1. The Labute approximate surface area is 158 Å². The lowest BCUT2D eigenvalue weighted by molar-refractivity contribution is -0.135. The first-order chi connectivity index (χ1) is 13.1. The third kappa shape index (κ3) is 3.73. The molecule has 4 rings (SSSR count). The van der Waals surface area contributed by atoms with Gasteiger partial charge in [0.05, 0.1) is 24.4 Å². The summed E-state index contributed by atoms with van der Waals surface area (Å²) in [4.78, 5) is 30.6. The summed E-state index contributed by atoms with van der Waals surface area (Å²) in [6.45, 7) is 4.81. The first-order valence-electron chi connectivity index (χ1n) is 9.41. The summed E-state index contributed by atoms with van der Waals surface area (Å²) in [5.41, 5.74) is 2.78. The molecule has 0 bridgehead atoms. The second kappa shape index (κ2) is 7.52. The van der Waals surface area contributed by atoms with Crippen molar-refractivity contribution in [1.82, 2.24) is 14.5 Å². The molecule has 7 nitrogen and oxygen atoms in total. The fourth-order valence-electron chi connectivity index (χ4n) is 3.83.